The lowest BCUT2D eigenvalue weighted by atomic mass is 10.0. The van der Waals surface area contributed by atoms with E-state index in [0.29, 0.717) is 13.0 Å². The molecule has 0 saturated carbocycles. The monoisotopic (exact) mass is 216 g/mol. The van der Waals surface area contributed by atoms with Crippen LogP contribution in [0.15, 0.2) is 0 Å². The molecule has 0 aromatic heterocycles. The van der Waals surface area contributed by atoms with E-state index in [0.717, 1.165) is 12.8 Å². The summed E-state index contributed by atoms with van der Waals surface area (Å²) in [5.74, 6) is 0.0186. The highest BCUT2D eigenvalue weighted by Gasteiger charge is 2.19. The second-order valence-electron chi connectivity index (χ2n) is 4.41. The molecule has 4 nitrogen and oxygen atoms in total. The Hall–Kier alpha value is -0.610. The van der Waals surface area contributed by atoms with E-state index in [1.54, 1.807) is 7.05 Å². The fourth-order valence-corrected chi connectivity index (χ4v) is 1.47. The van der Waals surface area contributed by atoms with Crippen molar-refractivity contribution < 1.29 is 9.90 Å². The molecule has 0 aromatic rings. The predicted molar refractivity (Wildman–Crippen MR) is 61.7 cm³/mol. The van der Waals surface area contributed by atoms with Crippen LogP contribution in [0.1, 0.15) is 40.0 Å². The molecule has 0 aliphatic rings. The Balaban J connectivity index is 3.79. The van der Waals surface area contributed by atoms with Crippen molar-refractivity contribution in [2.75, 3.05) is 13.6 Å². The van der Waals surface area contributed by atoms with Gasteiger partial charge in [0.25, 0.3) is 0 Å². The van der Waals surface area contributed by atoms with Crippen LogP contribution in [-0.2, 0) is 4.79 Å². The number of aliphatic hydroxyl groups is 1. The first kappa shape index (κ1) is 14.4. The Morgan fingerprint density at radius 1 is 1.53 bits per heavy atom. The molecule has 1 amide bonds. The van der Waals surface area contributed by atoms with Gasteiger partial charge in [0.15, 0.2) is 0 Å². The van der Waals surface area contributed by atoms with Gasteiger partial charge in [-0.1, -0.05) is 13.3 Å². The van der Waals surface area contributed by atoms with Crippen molar-refractivity contribution in [2.24, 2.45) is 0 Å². The van der Waals surface area contributed by atoms with Crippen LogP contribution < -0.4 is 10.6 Å². The van der Waals surface area contributed by atoms with E-state index in [-0.39, 0.29) is 11.9 Å². The number of carbonyl (C=O) groups is 1. The number of nitrogens with one attached hydrogen (secondary N) is 2. The van der Waals surface area contributed by atoms with Gasteiger partial charge in [-0.05, 0) is 20.3 Å². The van der Waals surface area contributed by atoms with E-state index in [9.17, 15) is 9.90 Å². The minimum Gasteiger partial charge on any atom is -0.389 e. The van der Waals surface area contributed by atoms with Crippen LogP contribution >= 0.6 is 0 Å². The number of hydrogen-bond donors (Lipinski definition) is 3. The zero-order chi connectivity index (χ0) is 11.9. The smallest absolute Gasteiger partial charge is 0.221 e. The van der Waals surface area contributed by atoms with E-state index >= 15 is 0 Å². The molecule has 90 valence electrons. The van der Waals surface area contributed by atoms with Gasteiger partial charge in [-0.15, -0.1) is 0 Å². The fraction of sp³-hybridized carbons (Fsp3) is 0.909. The quantitative estimate of drug-likeness (QED) is 0.585. The first-order valence-electron chi connectivity index (χ1n) is 5.57. The number of amides is 1. The van der Waals surface area contributed by atoms with Crippen molar-refractivity contribution in [3.8, 4) is 0 Å². The third kappa shape index (κ3) is 7.33. The molecule has 0 saturated heterocycles. The molecule has 4 heteroatoms. The number of hydrogen-bond acceptors (Lipinski definition) is 3. The lowest BCUT2D eigenvalue weighted by Gasteiger charge is -2.25. The molecule has 0 aliphatic heterocycles. The summed E-state index contributed by atoms with van der Waals surface area (Å²) in [5.41, 5.74) is -0.675. The molecule has 2 atom stereocenters. The van der Waals surface area contributed by atoms with Crippen molar-refractivity contribution in [1.29, 1.82) is 0 Å². The highest BCUT2D eigenvalue weighted by Crippen LogP contribution is 2.10. The Bertz CT molecular complexity index is 193. The molecule has 15 heavy (non-hydrogen) atoms. The Morgan fingerprint density at radius 3 is 2.60 bits per heavy atom. The lowest BCUT2D eigenvalue weighted by molar-refractivity contribution is -0.121. The normalized spacial score (nSPS) is 16.9. The Kier molecular flexibility index (Phi) is 6.52. The summed E-state index contributed by atoms with van der Waals surface area (Å²) in [4.78, 5) is 11.1. The van der Waals surface area contributed by atoms with Crippen LogP contribution in [0.4, 0.5) is 0 Å². The van der Waals surface area contributed by atoms with Gasteiger partial charge in [0.1, 0.15) is 0 Å². The zero-order valence-electron chi connectivity index (χ0n) is 10.3. The average molecular weight is 216 g/mol. The first-order chi connectivity index (χ1) is 6.91. The zero-order valence-corrected chi connectivity index (χ0v) is 10.3. The SMILES string of the molecule is CCCC(C)(O)CNC(C)CC(=O)NC. The summed E-state index contributed by atoms with van der Waals surface area (Å²) >= 11 is 0. The van der Waals surface area contributed by atoms with Crippen molar-refractivity contribution in [3.05, 3.63) is 0 Å². The van der Waals surface area contributed by atoms with Crippen LogP contribution in [0.2, 0.25) is 0 Å². The molecule has 0 aliphatic carbocycles. The molecule has 0 rings (SSSR count). The standard InChI is InChI=1S/C11H24N2O2/c1-5-6-11(3,15)8-13-9(2)7-10(14)12-4/h9,13,15H,5-8H2,1-4H3,(H,12,14). The molecule has 2 unspecified atom stereocenters. The first-order valence-corrected chi connectivity index (χ1v) is 5.57. The van der Waals surface area contributed by atoms with Gasteiger partial charge in [0, 0.05) is 26.1 Å². The van der Waals surface area contributed by atoms with E-state index in [1.807, 2.05) is 20.8 Å². The van der Waals surface area contributed by atoms with E-state index < -0.39 is 5.60 Å². The molecule has 0 aromatic carbocycles. The van der Waals surface area contributed by atoms with Crippen LogP contribution in [0.5, 0.6) is 0 Å². The van der Waals surface area contributed by atoms with Crippen LogP contribution in [0.3, 0.4) is 0 Å². The molecule has 0 radical (unpaired) electrons. The van der Waals surface area contributed by atoms with Crippen LogP contribution in [0.25, 0.3) is 0 Å². The molecule has 0 bridgehead atoms. The van der Waals surface area contributed by atoms with Crippen molar-refractivity contribution in [3.63, 3.8) is 0 Å². The molecular formula is C11H24N2O2. The van der Waals surface area contributed by atoms with Crippen molar-refractivity contribution in [1.82, 2.24) is 10.6 Å². The summed E-state index contributed by atoms with van der Waals surface area (Å²) in [7, 11) is 1.63. The maximum atomic E-state index is 11.1. The second-order valence-corrected chi connectivity index (χ2v) is 4.41. The van der Waals surface area contributed by atoms with Gasteiger partial charge in [-0.3, -0.25) is 4.79 Å². The maximum Gasteiger partial charge on any atom is 0.221 e. The average Bonchev–Trinajstić information content (AvgIpc) is 2.15. The number of carbonyl (C=O) groups excluding carboxylic acids is 1. The summed E-state index contributed by atoms with van der Waals surface area (Å²) in [6.45, 7) is 6.33. The van der Waals surface area contributed by atoms with Gasteiger partial charge in [-0.25, -0.2) is 0 Å². The lowest BCUT2D eigenvalue weighted by Crippen LogP contribution is -2.42. The van der Waals surface area contributed by atoms with Gasteiger partial charge >= 0.3 is 0 Å². The summed E-state index contributed by atoms with van der Waals surface area (Å²) in [6.07, 6.45) is 2.17. The minimum absolute atomic E-state index is 0.0186. The van der Waals surface area contributed by atoms with Crippen LogP contribution in [-0.4, -0.2) is 36.2 Å². The summed E-state index contributed by atoms with van der Waals surface area (Å²) < 4.78 is 0. The fourth-order valence-electron chi connectivity index (χ4n) is 1.47. The number of rotatable bonds is 7. The van der Waals surface area contributed by atoms with Gasteiger partial charge in [-0.2, -0.15) is 0 Å². The molecule has 3 N–H and O–H groups in total. The molecule has 0 spiro atoms. The third-order valence-corrected chi connectivity index (χ3v) is 2.39. The minimum atomic E-state index is -0.675. The van der Waals surface area contributed by atoms with Gasteiger partial charge in [0.2, 0.25) is 5.91 Å². The summed E-state index contributed by atoms with van der Waals surface area (Å²) in [6, 6.07) is 0.0910. The molecular weight excluding hydrogens is 192 g/mol. The Morgan fingerprint density at radius 2 is 2.13 bits per heavy atom. The highest BCUT2D eigenvalue weighted by atomic mass is 16.3. The van der Waals surface area contributed by atoms with E-state index in [2.05, 4.69) is 10.6 Å². The van der Waals surface area contributed by atoms with Crippen LogP contribution in [0, 0.1) is 0 Å². The third-order valence-electron chi connectivity index (χ3n) is 2.39. The molecule has 0 fully saturated rings. The van der Waals surface area contributed by atoms with Crippen molar-refractivity contribution in [2.45, 2.75) is 51.7 Å². The Labute approximate surface area is 92.4 Å². The second kappa shape index (κ2) is 6.80. The van der Waals surface area contributed by atoms with Crippen molar-refractivity contribution >= 4 is 5.91 Å². The maximum absolute atomic E-state index is 11.1. The highest BCUT2D eigenvalue weighted by molar-refractivity contribution is 5.76. The molecule has 0 heterocycles. The van der Waals surface area contributed by atoms with Gasteiger partial charge in [0.05, 0.1) is 5.60 Å². The topological polar surface area (TPSA) is 61.4 Å². The largest absolute Gasteiger partial charge is 0.389 e. The van der Waals surface area contributed by atoms with Gasteiger partial charge < -0.3 is 15.7 Å². The predicted octanol–water partition coefficient (Wildman–Crippen LogP) is 0.652. The van der Waals surface area contributed by atoms with E-state index in [4.69, 9.17) is 0 Å². The summed E-state index contributed by atoms with van der Waals surface area (Å²) in [5, 5.41) is 15.6. The van der Waals surface area contributed by atoms with E-state index in [1.165, 1.54) is 0 Å².